The zero-order chi connectivity index (χ0) is 15.8. The monoisotopic (exact) mass is 293 g/mol. The van der Waals surface area contributed by atoms with Gasteiger partial charge in [-0.15, -0.1) is 6.58 Å². The molecule has 1 atom stereocenters. The van der Waals surface area contributed by atoms with Gasteiger partial charge in [-0.25, -0.2) is 4.79 Å². The van der Waals surface area contributed by atoms with Gasteiger partial charge in [0, 0.05) is 26.4 Å². The average molecular weight is 293 g/mol. The molecule has 0 spiro atoms. The Morgan fingerprint density at radius 3 is 2.30 bits per heavy atom. The van der Waals surface area contributed by atoms with Gasteiger partial charge in [0.05, 0.1) is 0 Å². The van der Waals surface area contributed by atoms with Crippen LogP contribution < -0.4 is 0 Å². The van der Waals surface area contributed by atoms with E-state index in [0.29, 0.717) is 13.0 Å². The van der Waals surface area contributed by atoms with Gasteiger partial charge in [-0.1, -0.05) is 18.7 Å². The van der Waals surface area contributed by atoms with E-state index in [-0.39, 0.29) is 18.9 Å². The smallest absolute Gasteiger partial charge is 0.451 e. The summed E-state index contributed by atoms with van der Waals surface area (Å²) in [7, 11) is 0. The summed E-state index contributed by atoms with van der Waals surface area (Å²) in [6.45, 7) is 8.78. The number of rotatable bonds is 8. The second-order valence-electron chi connectivity index (χ2n) is 4.05. The Morgan fingerprint density at radius 1 is 1.30 bits per heavy atom. The fourth-order valence-electron chi connectivity index (χ4n) is 1.39. The minimum Gasteiger partial charge on any atom is -0.451 e. The number of alkyl halides is 3. The maximum Gasteiger partial charge on any atom is 0.490 e. The van der Waals surface area contributed by atoms with E-state index in [1.807, 2.05) is 0 Å². The Hall–Kier alpha value is -1.79. The van der Waals surface area contributed by atoms with Crippen molar-refractivity contribution >= 4 is 11.9 Å². The van der Waals surface area contributed by atoms with Crippen LogP contribution in [-0.2, 0) is 14.3 Å². The van der Waals surface area contributed by atoms with Gasteiger partial charge in [0.25, 0.3) is 0 Å². The third-order valence-electron chi connectivity index (χ3n) is 2.48. The van der Waals surface area contributed by atoms with Gasteiger partial charge in [-0.3, -0.25) is 4.79 Å². The fraction of sp³-hybridized carbons (Fsp3) is 0.538. The van der Waals surface area contributed by atoms with Crippen LogP contribution >= 0.6 is 0 Å². The van der Waals surface area contributed by atoms with Crippen LogP contribution in [0, 0.1) is 0 Å². The van der Waals surface area contributed by atoms with Crippen LogP contribution in [0.25, 0.3) is 0 Å². The molecule has 0 aliphatic rings. The van der Waals surface area contributed by atoms with E-state index in [4.69, 9.17) is 0 Å². The SMILES string of the molecule is C=CCCN(CCC(C=C)OC(=O)C(F)(F)F)C(C)=O. The van der Waals surface area contributed by atoms with Crippen molar-refractivity contribution in [3.05, 3.63) is 25.3 Å². The Kier molecular flexibility index (Phi) is 7.64. The van der Waals surface area contributed by atoms with Gasteiger partial charge in [0.2, 0.25) is 5.91 Å². The number of esters is 1. The summed E-state index contributed by atoms with van der Waals surface area (Å²) in [5.41, 5.74) is 0. The Morgan fingerprint density at radius 2 is 1.90 bits per heavy atom. The number of nitrogens with zero attached hydrogens (tertiary/aromatic N) is 1. The molecule has 0 aliphatic heterocycles. The maximum absolute atomic E-state index is 12.1. The molecule has 0 aromatic carbocycles. The average Bonchev–Trinajstić information content (AvgIpc) is 2.35. The summed E-state index contributed by atoms with van der Waals surface area (Å²) in [5.74, 6) is -2.47. The predicted molar refractivity (Wildman–Crippen MR) is 67.8 cm³/mol. The summed E-state index contributed by atoms with van der Waals surface area (Å²) in [6.07, 6.45) is -2.76. The Balaban J connectivity index is 4.42. The van der Waals surface area contributed by atoms with Gasteiger partial charge in [0.1, 0.15) is 6.10 Å². The predicted octanol–water partition coefficient (Wildman–Crippen LogP) is 2.46. The van der Waals surface area contributed by atoms with Crippen molar-refractivity contribution in [2.24, 2.45) is 0 Å². The van der Waals surface area contributed by atoms with Gasteiger partial charge in [-0.2, -0.15) is 13.2 Å². The first-order chi connectivity index (χ1) is 9.22. The highest BCUT2D eigenvalue weighted by molar-refractivity contribution is 5.76. The summed E-state index contributed by atoms with van der Waals surface area (Å²) in [6, 6.07) is 0. The Bertz CT molecular complexity index is 366. The van der Waals surface area contributed by atoms with Gasteiger partial charge in [0.15, 0.2) is 0 Å². The van der Waals surface area contributed by atoms with E-state index in [0.717, 1.165) is 6.08 Å². The molecular weight excluding hydrogens is 275 g/mol. The summed E-state index contributed by atoms with van der Waals surface area (Å²) < 4.78 is 40.4. The zero-order valence-electron chi connectivity index (χ0n) is 11.3. The normalized spacial score (nSPS) is 12.4. The lowest BCUT2D eigenvalue weighted by molar-refractivity contribution is -0.203. The molecule has 0 saturated carbocycles. The molecule has 0 rings (SSSR count). The molecule has 0 heterocycles. The van der Waals surface area contributed by atoms with Gasteiger partial charge < -0.3 is 9.64 Å². The maximum atomic E-state index is 12.1. The van der Waals surface area contributed by atoms with E-state index >= 15 is 0 Å². The molecule has 20 heavy (non-hydrogen) atoms. The van der Waals surface area contributed by atoms with E-state index < -0.39 is 18.2 Å². The van der Waals surface area contributed by atoms with Crippen LogP contribution in [0.4, 0.5) is 13.2 Å². The summed E-state index contributed by atoms with van der Waals surface area (Å²) in [5, 5.41) is 0. The lowest BCUT2D eigenvalue weighted by Crippen LogP contribution is -2.34. The minimum atomic E-state index is -5.04. The molecular formula is C13H18F3NO3. The molecule has 0 bridgehead atoms. The topological polar surface area (TPSA) is 46.6 Å². The molecule has 0 aromatic rings. The number of halogens is 3. The second kappa shape index (κ2) is 8.39. The summed E-state index contributed by atoms with van der Waals surface area (Å²) >= 11 is 0. The molecule has 4 nitrogen and oxygen atoms in total. The molecule has 1 amide bonds. The lowest BCUT2D eigenvalue weighted by atomic mass is 10.2. The standard InChI is InChI=1S/C13H18F3NO3/c1-4-6-8-17(10(3)18)9-7-11(5-2)20-12(19)13(14,15)16/h4-5,11H,1-2,6-9H2,3H3. The van der Waals surface area contributed by atoms with E-state index in [1.54, 1.807) is 6.08 Å². The first-order valence-corrected chi connectivity index (χ1v) is 5.99. The quantitative estimate of drug-likeness (QED) is 0.510. The van der Waals surface area contributed by atoms with Crippen molar-refractivity contribution in [1.29, 1.82) is 0 Å². The van der Waals surface area contributed by atoms with Gasteiger partial charge in [-0.05, 0) is 6.42 Å². The highest BCUT2D eigenvalue weighted by atomic mass is 19.4. The van der Waals surface area contributed by atoms with Gasteiger partial charge >= 0.3 is 12.1 Å². The van der Waals surface area contributed by atoms with Crippen LogP contribution in [0.1, 0.15) is 19.8 Å². The van der Waals surface area contributed by atoms with E-state index in [9.17, 15) is 22.8 Å². The van der Waals surface area contributed by atoms with Crippen molar-refractivity contribution < 1.29 is 27.5 Å². The minimum absolute atomic E-state index is 0.0576. The molecule has 0 aromatic heterocycles. The van der Waals surface area contributed by atoms with Crippen molar-refractivity contribution in [1.82, 2.24) is 4.90 Å². The highest BCUT2D eigenvalue weighted by Crippen LogP contribution is 2.18. The number of carbonyl (C=O) groups excluding carboxylic acids is 2. The summed E-state index contributed by atoms with van der Waals surface area (Å²) in [4.78, 5) is 23.4. The van der Waals surface area contributed by atoms with Crippen molar-refractivity contribution in [3.63, 3.8) is 0 Å². The molecule has 0 fully saturated rings. The molecule has 0 aliphatic carbocycles. The Labute approximate surface area is 115 Å². The van der Waals surface area contributed by atoms with Crippen LogP contribution in [0.15, 0.2) is 25.3 Å². The van der Waals surface area contributed by atoms with E-state index in [2.05, 4.69) is 17.9 Å². The number of hydrogen-bond donors (Lipinski definition) is 0. The molecule has 0 saturated heterocycles. The first-order valence-electron chi connectivity index (χ1n) is 5.99. The van der Waals surface area contributed by atoms with E-state index in [1.165, 1.54) is 11.8 Å². The fourth-order valence-corrected chi connectivity index (χ4v) is 1.39. The molecule has 7 heteroatoms. The zero-order valence-corrected chi connectivity index (χ0v) is 11.3. The third kappa shape index (κ3) is 6.96. The van der Waals surface area contributed by atoms with Crippen molar-refractivity contribution in [2.45, 2.75) is 32.0 Å². The number of hydrogen-bond acceptors (Lipinski definition) is 3. The van der Waals surface area contributed by atoms with Crippen LogP contribution in [0.5, 0.6) is 0 Å². The highest BCUT2D eigenvalue weighted by Gasteiger charge is 2.41. The molecule has 0 N–H and O–H groups in total. The molecule has 114 valence electrons. The van der Waals surface area contributed by atoms with Crippen molar-refractivity contribution in [3.8, 4) is 0 Å². The largest absolute Gasteiger partial charge is 0.490 e. The molecule has 1 unspecified atom stereocenters. The number of carbonyl (C=O) groups is 2. The van der Waals surface area contributed by atoms with Crippen molar-refractivity contribution in [2.75, 3.05) is 13.1 Å². The molecule has 0 radical (unpaired) electrons. The number of ether oxygens (including phenoxy) is 1. The van der Waals surface area contributed by atoms with Crippen LogP contribution in [0.3, 0.4) is 0 Å². The van der Waals surface area contributed by atoms with Crippen LogP contribution in [-0.4, -0.2) is 42.1 Å². The first kappa shape index (κ1) is 18.2. The second-order valence-corrected chi connectivity index (χ2v) is 4.05. The lowest BCUT2D eigenvalue weighted by Gasteiger charge is -2.23. The van der Waals surface area contributed by atoms with Crippen LogP contribution in [0.2, 0.25) is 0 Å². The number of amides is 1. The third-order valence-corrected chi connectivity index (χ3v) is 2.48.